The molecular weight excluding hydrogens is 417 g/mol. The number of ether oxygens (including phenoxy) is 2. The second kappa shape index (κ2) is 10.3. The molecule has 160 valence electrons. The van der Waals surface area contributed by atoms with Gasteiger partial charge in [0.05, 0.1) is 11.6 Å². The van der Waals surface area contributed by atoms with E-state index in [1.807, 2.05) is 42.5 Å². The summed E-state index contributed by atoms with van der Waals surface area (Å²) in [6, 6.07) is 16.0. The standard InChI is InChI=1S/C23H22FN3O3S/c24-19-11-17(22-18(12-19)13-29-15-30-22)7-9-26-23(28)27-20-5-3-4-16(10-20)14-31-21-6-1-2-8-25-21/h1-6,8,10-12H,7,9,13-15H2,(H2,26,27,28). The lowest BCUT2D eigenvalue weighted by Crippen LogP contribution is -2.30. The number of thioether (sulfide) groups is 1. The van der Waals surface area contributed by atoms with E-state index in [-0.39, 0.29) is 18.6 Å². The lowest BCUT2D eigenvalue weighted by atomic mass is 10.1. The fourth-order valence-corrected chi connectivity index (χ4v) is 4.06. The van der Waals surface area contributed by atoms with Gasteiger partial charge in [0.15, 0.2) is 6.79 Å². The number of hydrogen-bond acceptors (Lipinski definition) is 5. The molecule has 1 aromatic heterocycles. The van der Waals surface area contributed by atoms with Gasteiger partial charge in [-0.3, -0.25) is 0 Å². The summed E-state index contributed by atoms with van der Waals surface area (Å²) in [7, 11) is 0. The molecule has 4 rings (SSSR count). The zero-order valence-electron chi connectivity index (χ0n) is 16.8. The molecule has 2 N–H and O–H groups in total. The van der Waals surface area contributed by atoms with Crippen LogP contribution in [0.1, 0.15) is 16.7 Å². The Morgan fingerprint density at radius 1 is 1.16 bits per heavy atom. The quantitative estimate of drug-likeness (QED) is 0.520. The maximum atomic E-state index is 13.8. The molecule has 0 aliphatic carbocycles. The van der Waals surface area contributed by atoms with Crippen molar-refractivity contribution in [1.82, 2.24) is 10.3 Å². The van der Waals surface area contributed by atoms with Crippen LogP contribution in [0.4, 0.5) is 14.9 Å². The lowest BCUT2D eigenvalue weighted by molar-refractivity contribution is -0.0172. The largest absolute Gasteiger partial charge is 0.467 e. The van der Waals surface area contributed by atoms with Crippen LogP contribution < -0.4 is 15.4 Å². The molecule has 1 aliphatic heterocycles. The molecule has 0 radical (unpaired) electrons. The van der Waals surface area contributed by atoms with Gasteiger partial charge in [0.25, 0.3) is 0 Å². The van der Waals surface area contributed by atoms with Gasteiger partial charge in [-0.25, -0.2) is 14.2 Å². The van der Waals surface area contributed by atoms with Gasteiger partial charge in [0, 0.05) is 29.7 Å². The number of nitrogens with zero attached hydrogens (tertiary/aromatic N) is 1. The molecule has 0 unspecified atom stereocenters. The molecule has 0 saturated heterocycles. The number of pyridine rings is 1. The van der Waals surface area contributed by atoms with E-state index < -0.39 is 0 Å². The maximum absolute atomic E-state index is 13.8. The Labute approximate surface area is 184 Å². The molecule has 0 spiro atoms. The normalized spacial score (nSPS) is 12.5. The van der Waals surface area contributed by atoms with Crippen molar-refractivity contribution < 1.29 is 18.7 Å². The summed E-state index contributed by atoms with van der Waals surface area (Å²) in [6.45, 7) is 0.818. The molecule has 0 atom stereocenters. The number of halogens is 1. The number of hydrogen-bond donors (Lipinski definition) is 2. The van der Waals surface area contributed by atoms with Gasteiger partial charge in [-0.15, -0.1) is 11.8 Å². The Bertz CT molecular complexity index is 1050. The van der Waals surface area contributed by atoms with Crippen molar-refractivity contribution in [2.24, 2.45) is 0 Å². The predicted octanol–water partition coefficient (Wildman–Crippen LogP) is 4.74. The number of carbonyl (C=O) groups excluding carboxylic acids is 1. The van der Waals surface area contributed by atoms with Crippen LogP contribution in [0.2, 0.25) is 0 Å². The van der Waals surface area contributed by atoms with Crippen molar-refractivity contribution in [3.8, 4) is 5.75 Å². The topological polar surface area (TPSA) is 72.5 Å². The first-order chi connectivity index (χ1) is 15.2. The number of rotatable bonds is 7. The number of aromatic nitrogens is 1. The molecule has 2 aromatic carbocycles. The van der Waals surface area contributed by atoms with Gasteiger partial charge in [0.2, 0.25) is 0 Å². The number of fused-ring (bicyclic) bond motifs is 1. The molecule has 31 heavy (non-hydrogen) atoms. The fourth-order valence-electron chi connectivity index (χ4n) is 3.26. The molecule has 2 heterocycles. The van der Waals surface area contributed by atoms with E-state index in [0.29, 0.717) is 42.1 Å². The Morgan fingerprint density at radius 2 is 2.10 bits per heavy atom. The second-order valence-corrected chi connectivity index (χ2v) is 7.95. The third-order valence-corrected chi connectivity index (χ3v) is 5.66. The summed E-state index contributed by atoms with van der Waals surface area (Å²) in [5.41, 5.74) is 3.19. The van der Waals surface area contributed by atoms with Crippen LogP contribution in [0.5, 0.6) is 5.75 Å². The van der Waals surface area contributed by atoms with Gasteiger partial charge >= 0.3 is 6.03 Å². The molecule has 0 bridgehead atoms. The molecule has 3 aromatic rings. The highest BCUT2D eigenvalue weighted by atomic mass is 32.2. The summed E-state index contributed by atoms with van der Waals surface area (Å²) >= 11 is 1.63. The highest BCUT2D eigenvalue weighted by Crippen LogP contribution is 2.29. The molecule has 0 fully saturated rings. The zero-order valence-corrected chi connectivity index (χ0v) is 17.6. The van der Waals surface area contributed by atoms with Gasteiger partial charge in [-0.2, -0.15) is 0 Å². The van der Waals surface area contributed by atoms with E-state index in [0.717, 1.165) is 16.3 Å². The lowest BCUT2D eigenvalue weighted by Gasteiger charge is -2.21. The molecular formula is C23H22FN3O3S. The van der Waals surface area contributed by atoms with E-state index in [1.54, 1.807) is 18.0 Å². The van der Waals surface area contributed by atoms with Crippen LogP contribution in [0.25, 0.3) is 0 Å². The van der Waals surface area contributed by atoms with Gasteiger partial charge in [-0.1, -0.05) is 18.2 Å². The number of anilines is 1. The molecule has 6 nitrogen and oxygen atoms in total. The Kier molecular flexibility index (Phi) is 7.01. The zero-order chi connectivity index (χ0) is 21.5. The van der Waals surface area contributed by atoms with Crippen LogP contribution in [0.15, 0.2) is 65.8 Å². The number of amides is 2. The van der Waals surface area contributed by atoms with Crippen LogP contribution in [-0.4, -0.2) is 24.4 Å². The smallest absolute Gasteiger partial charge is 0.319 e. The molecule has 0 saturated carbocycles. The molecule has 1 aliphatic rings. The van der Waals surface area contributed by atoms with E-state index in [1.165, 1.54) is 12.1 Å². The van der Waals surface area contributed by atoms with E-state index >= 15 is 0 Å². The number of benzene rings is 2. The molecule has 2 amide bonds. The van der Waals surface area contributed by atoms with Gasteiger partial charge in [-0.05, 0) is 53.9 Å². The highest BCUT2D eigenvalue weighted by Gasteiger charge is 2.17. The number of carbonyl (C=O) groups is 1. The van der Waals surface area contributed by atoms with Gasteiger partial charge in [0.1, 0.15) is 11.6 Å². The van der Waals surface area contributed by atoms with Gasteiger partial charge < -0.3 is 20.1 Å². The minimum Gasteiger partial charge on any atom is -0.467 e. The number of urea groups is 1. The fraction of sp³-hybridized carbons (Fsp3) is 0.217. The monoisotopic (exact) mass is 439 g/mol. The van der Waals surface area contributed by atoms with Crippen molar-refractivity contribution in [1.29, 1.82) is 0 Å². The van der Waals surface area contributed by atoms with Crippen molar-refractivity contribution in [3.05, 3.63) is 83.3 Å². The van der Waals surface area contributed by atoms with Crippen LogP contribution in [0.3, 0.4) is 0 Å². The Morgan fingerprint density at radius 3 is 2.97 bits per heavy atom. The Balaban J connectivity index is 1.28. The third kappa shape index (κ3) is 5.96. The van der Waals surface area contributed by atoms with E-state index in [2.05, 4.69) is 15.6 Å². The minimum absolute atomic E-state index is 0.147. The van der Waals surface area contributed by atoms with Crippen LogP contribution in [-0.2, 0) is 23.5 Å². The highest BCUT2D eigenvalue weighted by molar-refractivity contribution is 7.98. The second-order valence-electron chi connectivity index (χ2n) is 6.95. The SMILES string of the molecule is O=C(NCCc1cc(F)cc2c1OCOC2)Nc1cccc(CSc2ccccn2)c1. The van der Waals surface area contributed by atoms with Crippen molar-refractivity contribution in [2.75, 3.05) is 18.7 Å². The third-order valence-electron chi connectivity index (χ3n) is 4.64. The first kappa shape index (κ1) is 21.1. The molecule has 8 heteroatoms. The van der Waals surface area contributed by atoms with Crippen molar-refractivity contribution >= 4 is 23.5 Å². The number of nitrogens with one attached hydrogen (secondary N) is 2. The van der Waals surface area contributed by atoms with Crippen LogP contribution >= 0.6 is 11.8 Å². The van der Waals surface area contributed by atoms with E-state index in [4.69, 9.17) is 9.47 Å². The summed E-state index contributed by atoms with van der Waals surface area (Å²) in [4.78, 5) is 16.6. The summed E-state index contributed by atoms with van der Waals surface area (Å²) in [6.07, 6.45) is 2.22. The summed E-state index contributed by atoms with van der Waals surface area (Å²) in [5, 5.41) is 6.60. The average Bonchev–Trinajstić information content (AvgIpc) is 2.78. The van der Waals surface area contributed by atoms with E-state index in [9.17, 15) is 9.18 Å². The van der Waals surface area contributed by atoms with Crippen molar-refractivity contribution in [3.63, 3.8) is 0 Å². The summed E-state index contributed by atoms with van der Waals surface area (Å²) < 4.78 is 24.5. The first-order valence-corrected chi connectivity index (χ1v) is 10.9. The Hall–Kier alpha value is -3.10. The summed E-state index contributed by atoms with van der Waals surface area (Å²) in [5.74, 6) is 1.06. The van der Waals surface area contributed by atoms with Crippen molar-refractivity contribution in [2.45, 2.75) is 23.8 Å². The average molecular weight is 440 g/mol. The first-order valence-electron chi connectivity index (χ1n) is 9.87. The van der Waals surface area contributed by atoms with Crippen LogP contribution in [0, 0.1) is 5.82 Å². The maximum Gasteiger partial charge on any atom is 0.319 e. The predicted molar refractivity (Wildman–Crippen MR) is 118 cm³/mol. The minimum atomic E-state index is -0.340.